The zero-order valence-corrected chi connectivity index (χ0v) is 11.5. The minimum atomic E-state index is -0.928. The Labute approximate surface area is 117 Å². The fourth-order valence-electron chi connectivity index (χ4n) is 1.60. The number of amides is 1. The van der Waals surface area contributed by atoms with Gasteiger partial charge >= 0.3 is 12.1 Å². The fraction of sp³-hybridized carbons (Fsp3) is 0.429. The molecule has 6 nitrogen and oxygen atoms in total. The minimum absolute atomic E-state index is 0.0626. The van der Waals surface area contributed by atoms with Crippen LogP contribution >= 0.6 is 0 Å². The van der Waals surface area contributed by atoms with Gasteiger partial charge < -0.3 is 19.9 Å². The first-order valence-electron chi connectivity index (χ1n) is 6.26. The highest BCUT2D eigenvalue weighted by Crippen LogP contribution is 2.03. The summed E-state index contributed by atoms with van der Waals surface area (Å²) < 4.78 is 9.55. The third kappa shape index (κ3) is 5.71. The second-order valence-electron chi connectivity index (χ2n) is 4.37. The van der Waals surface area contributed by atoms with Crippen LogP contribution in [0.15, 0.2) is 30.3 Å². The Morgan fingerprint density at radius 1 is 1.30 bits per heavy atom. The summed E-state index contributed by atoms with van der Waals surface area (Å²) in [4.78, 5) is 23.1. The number of carbonyl (C=O) groups excluding carboxylic acids is 2. The summed E-state index contributed by atoms with van der Waals surface area (Å²) in [6.45, 7) is 1.63. The quantitative estimate of drug-likeness (QED) is 0.766. The van der Waals surface area contributed by atoms with Gasteiger partial charge in [0.1, 0.15) is 12.6 Å². The fourth-order valence-corrected chi connectivity index (χ4v) is 1.60. The lowest BCUT2D eigenvalue weighted by Crippen LogP contribution is -2.43. The molecule has 0 radical (unpaired) electrons. The Morgan fingerprint density at radius 2 is 1.95 bits per heavy atom. The SMILES string of the molecule is COC(=O)[C@@H](C[C@H](C)O)NC(=O)OCc1ccccc1. The molecule has 1 amide bonds. The molecule has 0 aliphatic rings. The van der Waals surface area contributed by atoms with Gasteiger partial charge in [-0.15, -0.1) is 0 Å². The molecule has 0 aliphatic heterocycles. The Hall–Kier alpha value is -2.08. The highest BCUT2D eigenvalue weighted by molar-refractivity contribution is 5.81. The molecule has 1 aromatic rings. The van der Waals surface area contributed by atoms with Gasteiger partial charge in [0.15, 0.2) is 0 Å². The number of ether oxygens (including phenoxy) is 2. The van der Waals surface area contributed by atoms with Gasteiger partial charge in [0.25, 0.3) is 0 Å². The number of carbonyl (C=O) groups is 2. The molecule has 2 atom stereocenters. The molecule has 110 valence electrons. The molecule has 1 aromatic carbocycles. The van der Waals surface area contributed by atoms with Crippen LogP contribution in [0.5, 0.6) is 0 Å². The molecule has 0 aromatic heterocycles. The Kier molecular flexibility index (Phi) is 6.52. The lowest BCUT2D eigenvalue weighted by Gasteiger charge is -2.17. The van der Waals surface area contributed by atoms with Crippen LogP contribution in [-0.2, 0) is 20.9 Å². The first-order chi connectivity index (χ1) is 9.52. The van der Waals surface area contributed by atoms with Crippen molar-refractivity contribution >= 4 is 12.1 Å². The van der Waals surface area contributed by atoms with Gasteiger partial charge in [-0.2, -0.15) is 0 Å². The van der Waals surface area contributed by atoms with Crippen molar-refractivity contribution in [2.75, 3.05) is 7.11 Å². The highest BCUT2D eigenvalue weighted by atomic mass is 16.6. The largest absolute Gasteiger partial charge is 0.467 e. The standard InChI is InChI=1S/C14H19NO5/c1-10(16)8-12(13(17)19-2)15-14(18)20-9-11-6-4-3-5-7-11/h3-7,10,12,16H,8-9H2,1-2H3,(H,15,18)/t10-,12+/m0/s1. The van der Waals surface area contributed by atoms with Crippen molar-refractivity contribution in [2.45, 2.75) is 32.1 Å². The van der Waals surface area contributed by atoms with E-state index in [-0.39, 0.29) is 13.0 Å². The summed E-state index contributed by atoms with van der Waals surface area (Å²) in [5.41, 5.74) is 0.841. The number of nitrogens with one attached hydrogen (secondary N) is 1. The summed E-state index contributed by atoms with van der Waals surface area (Å²) in [5.74, 6) is -0.623. The predicted octanol–water partition coefficient (Wildman–Crippen LogP) is 1.23. The van der Waals surface area contributed by atoms with Crippen molar-refractivity contribution in [3.8, 4) is 0 Å². The van der Waals surface area contributed by atoms with E-state index in [4.69, 9.17) is 4.74 Å². The maximum absolute atomic E-state index is 11.6. The van der Waals surface area contributed by atoms with Gasteiger partial charge in [0, 0.05) is 6.42 Å². The highest BCUT2D eigenvalue weighted by Gasteiger charge is 2.23. The molecule has 0 fully saturated rings. The zero-order chi connectivity index (χ0) is 15.0. The molecule has 0 bridgehead atoms. The second kappa shape index (κ2) is 8.16. The van der Waals surface area contributed by atoms with Crippen molar-refractivity contribution in [2.24, 2.45) is 0 Å². The van der Waals surface area contributed by atoms with Crippen molar-refractivity contribution in [1.29, 1.82) is 0 Å². The Bertz CT molecular complexity index is 432. The third-order valence-corrected chi connectivity index (χ3v) is 2.57. The van der Waals surface area contributed by atoms with E-state index < -0.39 is 24.2 Å². The molecular formula is C14H19NO5. The van der Waals surface area contributed by atoms with E-state index in [1.807, 2.05) is 30.3 Å². The van der Waals surface area contributed by atoms with Crippen molar-refractivity contribution in [1.82, 2.24) is 5.32 Å². The number of aliphatic hydroxyl groups is 1. The van der Waals surface area contributed by atoms with Gasteiger partial charge in [-0.3, -0.25) is 0 Å². The van der Waals surface area contributed by atoms with E-state index in [2.05, 4.69) is 10.1 Å². The summed E-state index contributed by atoms with van der Waals surface area (Å²) >= 11 is 0. The van der Waals surface area contributed by atoms with Gasteiger partial charge in [-0.25, -0.2) is 9.59 Å². The molecule has 0 heterocycles. The molecule has 6 heteroatoms. The van der Waals surface area contributed by atoms with Crippen LogP contribution in [0.2, 0.25) is 0 Å². The summed E-state index contributed by atoms with van der Waals surface area (Å²) in [6.07, 6.45) is -1.41. The first kappa shape index (κ1) is 16.0. The number of hydrogen-bond donors (Lipinski definition) is 2. The van der Waals surface area contributed by atoms with E-state index in [9.17, 15) is 14.7 Å². The van der Waals surface area contributed by atoms with Gasteiger partial charge in [0.2, 0.25) is 0 Å². The van der Waals surface area contributed by atoms with Crippen LogP contribution in [0.25, 0.3) is 0 Å². The van der Waals surface area contributed by atoms with E-state index in [1.165, 1.54) is 14.0 Å². The second-order valence-corrected chi connectivity index (χ2v) is 4.37. The summed E-state index contributed by atoms with van der Waals surface area (Å²) in [6, 6.07) is 8.24. The first-order valence-corrected chi connectivity index (χ1v) is 6.26. The monoisotopic (exact) mass is 281 g/mol. The molecule has 0 spiro atoms. The molecule has 2 N–H and O–H groups in total. The maximum Gasteiger partial charge on any atom is 0.408 e. The lowest BCUT2D eigenvalue weighted by molar-refractivity contribution is -0.143. The summed E-state index contributed by atoms with van der Waals surface area (Å²) in [5, 5.41) is 11.7. The number of hydrogen-bond acceptors (Lipinski definition) is 5. The van der Waals surface area contributed by atoms with Crippen LogP contribution in [-0.4, -0.2) is 36.4 Å². The van der Waals surface area contributed by atoms with Crippen LogP contribution in [0.4, 0.5) is 4.79 Å². The number of alkyl carbamates (subject to hydrolysis) is 1. The smallest absolute Gasteiger partial charge is 0.408 e. The zero-order valence-electron chi connectivity index (χ0n) is 11.5. The Morgan fingerprint density at radius 3 is 2.50 bits per heavy atom. The van der Waals surface area contributed by atoms with Crippen molar-refractivity contribution in [3.05, 3.63) is 35.9 Å². The van der Waals surface area contributed by atoms with Crippen LogP contribution in [0.1, 0.15) is 18.9 Å². The average Bonchev–Trinajstić information content (AvgIpc) is 2.44. The molecule has 0 unspecified atom stereocenters. The molecule has 1 rings (SSSR count). The van der Waals surface area contributed by atoms with Crippen LogP contribution in [0.3, 0.4) is 0 Å². The molecule has 20 heavy (non-hydrogen) atoms. The topological polar surface area (TPSA) is 84.9 Å². The van der Waals surface area contributed by atoms with Crippen LogP contribution < -0.4 is 5.32 Å². The van der Waals surface area contributed by atoms with Gasteiger partial charge in [-0.05, 0) is 12.5 Å². The number of esters is 1. The normalized spacial score (nSPS) is 13.2. The minimum Gasteiger partial charge on any atom is -0.467 e. The number of benzene rings is 1. The molecule has 0 saturated carbocycles. The van der Waals surface area contributed by atoms with E-state index in [0.29, 0.717) is 0 Å². The molecular weight excluding hydrogens is 262 g/mol. The predicted molar refractivity (Wildman–Crippen MR) is 71.9 cm³/mol. The van der Waals surface area contributed by atoms with Gasteiger partial charge in [-0.1, -0.05) is 30.3 Å². The third-order valence-electron chi connectivity index (χ3n) is 2.57. The van der Waals surface area contributed by atoms with Crippen LogP contribution in [0, 0.1) is 0 Å². The van der Waals surface area contributed by atoms with Crippen molar-refractivity contribution in [3.63, 3.8) is 0 Å². The van der Waals surface area contributed by atoms with Gasteiger partial charge in [0.05, 0.1) is 13.2 Å². The lowest BCUT2D eigenvalue weighted by atomic mass is 10.1. The molecule has 0 saturated heterocycles. The van der Waals surface area contributed by atoms with E-state index in [1.54, 1.807) is 0 Å². The average molecular weight is 281 g/mol. The van der Waals surface area contributed by atoms with Crippen molar-refractivity contribution < 1.29 is 24.2 Å². The number of rotatable bonds is 6. The molecule has 0 aliphatic carbocycles. The maximum atomic E-state index is 11.6. The Balaban J connectivity index is 2.47. The number of aliphatic hydroxyl groups excluding tert-OH is 1. The number of methoxy groups -OCH3 is 1. The summed E-state index contributed by atoms with van der Waals surface area (Å²) in [7, 11) is 1.22. The van der Waals surface area contributed by atoms with E-state index >= 15 is 0 Å². The van der Waals surface area contributed by atoms with E-state index in [0.717, 1.165) is 5.56 Å².